The van der Waals surface area contributed by atoms with Gasteiger partial charge in [-0.05, 0) is 24.8 Å². The molecular weight excluding hydrogens is 228 g/mol. The van der Waals surface area contributed by atoms with Crippen LogP contribution in [0.4, 0.5) is 11.4 Å². The van der Waals surface area contributed by atoms with E-state index in [9.17, 15) is 0 Å². The van der Waals surface area contributed by atoms with E-state index in [0.29, 0.717) is 11.4 Å². The molecule has 2 aromatic heterocycles. The zero-order valence-electron chi connectivity index (χ0n) is 10.0. The Kier molecular flexibility index (Phi) is 2.64. The molecule has 1 fully saturated rings. The summed E-state index contributed by atoms with van der Waals surface area (Å²) in [5.41, 5.74) is 11.1. The van der Waals surface area contributed by atoms with Crippen LogP contribution in [0.3, 0.4) is 0 Å². The highest BCUT2D eigenvalue weighted by Crippen LogP contribution is 2.31. The summed E-state index contributed by atoms with van der Waals surface area (Å²) in [4.78, 5) is 8.63. The Balaban J connectivity index is 1.86. The molecule has 0 radical (unpaired) electrons. The van der Waals surface area contributed by atoms with Crippen LogP contribution in [0, 0.1) is 5.92 Å². The molecule has 6 nitrogen and oxygen atoms in total. The first kappa shape index (κ1) is 11.0. The second kappa shape index (κ2) is 4.30. The molecule has 94 valence electrons. The Morgan fingerprint density at radius 3 is 2.89 bits per heavy atom. The lowest BCUT2D eigenvalue weighted by molar-refractivity contribution is 0.626. The Bertz CT molecular complexity index is 557. The van der Waals surface area contributed by atoms with Crippen molar-refractivity contribution in [2.24, 2.45) is 11.8 Å². The number of nitrogens with two attached hydrogens (primary N) is 2. The molecule has 0 atom stereocenters. The first-order valence-corrected chi connectivity index (χ1v) is 6.00. The largest absolute Gasteiger partial charge is 0.396 e. The van der Waals surface area contributed by atoms with Gasteiger partial charge in [0, 0.05) is 12.7 Å². The molecule has 0 aromatic carbocycles. The number of pyridine rings is 1. The normalized spacial score (nSPS) is 14.7. The van der Waals surface area contributed by atoms with Crippen LogP contribution in [-0.4, -0.2) is 14.5 Å². The first-order valence-electron chi connectivity index (χ1n) is 6.00. The van der Waals surface area contributed by atoms with Crippen molar-refractivity contribution in [1.29, 1.82) is 0 Å². The molecule has 2 heterocycles. The molecule has 18 heavy (non-hydrogen) atoms. The Morgan fingerprint density at radius 2 is 2.17 bits per heavy atom. The Morgan fingerprint density at radius 1 is 1.33 bits per heavy atom. The standard InChI is InChI=1S/C12H16N6/c13-9-4-15-11(3-10(9)17-14)12-6-18(7-16-12)5-8-1-2-8/h3-4,6-8H,1-2,5,13-14H2,(H,15,17). The monoisotopic (exact) mass is 244 g/mol. The highest BCUT2D eigenvalue weighted by Gasteiger charge is 2.21. The molecule has 6 heteroatoms. The number of nitrogen functional groups attached to an aromatic ring is 2. The molecule has 5 N–H and O–H groups in total. The molecule has 2 aromatic rings. The lowest BCUT2D eigenvalue weighted by Crippen LogP contribution is -2.09. The van der Waals surface area contributed by atoms with E-state index < -0.39 is 0 Å². The van der Waals surface area contributed by atoms with Gasteiger partial charge in [-0.15, -0.1) is 0 Å². The fourth-order valence-electron chi connectivity index (χ4n) is 1.92. The fraction of sp³-hybridized carbons (Fsp3) is 0.333. The number of imidazole rings is 1. The molecule has 0 saturated heterocycles. The maximum absolute atomic E-state index is 5.73. The van der Waals surface area contributed by atoms with Crippen molar-refractivity contribution in [3.63, 3.8) is 0 Å². The van der Waals surface area contributed by atoms with Crippen LogP contribution >= 0.6 is 0 Å². The topological polar surface area (TPSA) is 94.8 Å². The van der Waals surface area contributed by atoms with Gasteiger partial charge in [0.1, 0.15) is 5.69 Å². The maximum atomic E-state index is 5.73. The summed E-state index contributed by atoms with van der Waals surface area (Å²) >= 11 is 0. The van der Waals surface area contributed by atoms with E-state index in [-0.39, 0.29) is 0 Å². The van der Waals surface area contributed by atoms with Crippen molar-refractivity contribution in [3.8, 4) is 11.4 Å². The number of hydrogen-bond acceptors (Lipinski definition) is 5. The van der Waals surface area contributed by atoms with E-state index in [0.717, 1.165) is 23.9 Å². The van der Waals surface area contributed by atoms with Crippen LogP contribution in [-0.2, 0) is 6.54 Å². The van der Waals surface area contributed by atoms with Gasteiger partial charge in [0.2, 0.25) is 0 Å². The lowest BCUT2D eigenvalue weighted by atomic mass is 10.2. The highest BCUT2D eigenvalue weighted by molar-refractivity contribution is 5.70. The second-order valence-electron chi connectivity index (χ2n) is 4.70. The third-order valence-electron chi connectivity index (χ3n) is 3.15. The summed E-state index contributed by atoms with van der Waals surface area (Å²) in [6.45, 7) is 1.05. The molecule has 1 saturated carbocycles. The van der Waals surface area contributed by atoms with Crippen molar-refractivity contribution in [1.82, 2.24) is 14.5 Å². The average Bonchev–Trinajstić information content (AvgIpc) is 3.06. The van der Waals surface area contributed by atoms with Crippen molar-refractivity contribution in [3.05, 3.63) is 24.8 Å². The van der Waals surface area contributed by atoms with Gasteiger partial charge in [-0.3, -0.25) is 10.8 Å². The SMILES string of the molecule is NNc1cc(-c2cn(CC3CC3)cn2)ncc1N. The summed E-state index contributed by atoms with van der Waals surface area (Å²) in [6, 6.07) is 1.80. The Hall–Kier alpha value is -2.08. The van der Waals surface area contributed by atoms with E-state index in [1.54, 1.807) is 12.3 Å². The molecule has 0 bridgehead atoms. The van der Waals surface area contributed by atoms with Crippen molar-refractivity contribution in [2.75, 3.05) is 11.2 Å². The minimum absolute atomic E-state index is 0.527. The average molecular weight is 244 g/mol. The van der Waals surface area contributed by atoms with Gasteiger partial charge < -0.3 is 15.7 Å². The van der Waals surface area contributed by atoms with E-state index in [1.165, 1.54) is 12.8 Å². The maximum Gasteiger partial charge on any atom is 0.107 e. The third kappa shape index (κ3) is 2.14. The minimum atomic E-state index is 0.527. The number of nitrogens with one attached hydrogen (secondary N) is 1. The summed E-state index contributed by atoms with van der Waals surface area (Å²) < 4.78 is 2.11. The van der Waals surface area contributed by atoms with Crippen LogP contribution < -0.4 is 17.0 Å². The second-order valence-corrected chi connectivity index (χ2v) is 4.70. The molecule has 3 rings (SSSR count). The number of anilines is 2. The van der Waals surface area contributed by atoms with Crippen LogP contribution in [0.15, 0.2) is 24.8 Å². The van der Waals surface area contributed by atoms with E-state index in [4.69, 9.17) is 11.6 Å². The summed E-state index contributed by atoms with van der Waals surface area (Å²) in [5.74, 6) is 6.22. The summed E-state index contributed by atoms with van der Waals surface area (Å²) in [6.07, 6.45) is 8.10. The van der Waals surface area contributed by atoms with Crippen molar-refractivity contribution >= 4 is 11.4 Å². The van der Waals surface area contributed by atoms with Gasteiger partial charge in [-0.25, -0.2) is 4.98 Å². The van der Waals surface area contributed by atoms with Gasteiger partial charge in [0.05, 0.1) is 29.6 Å². The number of rotatable bonds is 4. The number of nitrogens with zero attached hydrogens (tertiary/aromatic N) is 3. The predicted octanol–water partition coefficient (Wildman–Crippen LogP) is 1.22. The highest BCUT2D eigenvalue weighted by atomic mass is 15.2. The summed E-state index contributed by atoms with van der Waals surface area (Å²) in [5, 5.41) is 0. The van der Waals surface area contributed by atoms with E-state index in [2.05, 4.69) is 20.0 Å². The number of hydrazine groups is 1. The van der Waals surface area contributed by atoms with Crippen LogP contribution in [0.25, 0.3) is 11.4 Å². The van der Waals surface area contributed by atoms with Gasteiger partial charge >= 0.3 is 0 Å². The predicted molar refractivity (Wildman–Crippen MR) is 70.4 cm³/mol. The van der Waals surface area contributed by atoms with Gasteiger partial charge in [0.25, 0.3) is 0 Å². The number of hydrogen-bond donors (Lipinski definition) is 3. The van der Waals surface area contributed by atoms with Gasteiger partial charge in [-0.2, -0.15) is 0 Å². The minimum Gasteiger partial charge on any atom is -0.396 e. The van der Waals surface area contributed by atoms with Crippen molar-refractivity contribution < 1.29 is 0 Å². The van der Waals surface area contributed by atoms with Crippen LogP contribution in [0.5, 0.6) is 0 Å². The smallest absolute Gasteiger partial charge is 0.107 e. The third-order valence-corrected chi connectivity index (χ3v) is 3.15. The first-order chi connectivity index (χ1) is 8.76. The molecule has 0 amide bonds. The fourth-order valence-corrected chi connectivity index (χ4v) is 1.92. The van der Waals surface area contributed by atoms with E-state index in [1.807, 2.05) is 12.5 Å². The van der Waals surface area contributed by atoms with E-state index >= 15 is 0 Å². The van der Waals surface area contributed by atoms with Gasteiger partial charge in [-0.1, -0.05) is 0 Å². The Labute approximate surface area is 105 Å². The molecule has 0 unspecified atom stereocenters. The molecule has 1 aliphatic rings. The summed E-state index contributed by atoms with van der Waals surface area (Å²) in [7, 11) is 0. The van der Waals surface area contributed by atoms with Crippen molar-refractivity contribution in [2.45, 2.75) is 19.4 Å². The quantitative estimate of drug-likeness (QED) is 0.555. The lowest BCUT2D eigenvalue weighted by Gasteiger charge is -2.05. The zero-order valence-corrected chi connectivity index (χ0v) is 10.0. The molecule has 0 aliphatic heterocycles. The van der Waals surface area contributed by atoms with Gasteiger partial charge in [0.15, 0.2) is 0 Å². The zero-order chi connectivity index (χ0) is 12.5. The molecule has 0 spiro atoms. The van der Waals surface area contributed by atoms with Crippen LogP contribution in [0.2, 0.25) is 0 Å². The molecular formula is C12H16N6. The molecule has 1 aliphatic carbocycles. The number of aromatic nitrogens is 3. The van der Waals surface area contributed by atoms with Crippen LogP contribution in [0.1, 0.15) is 12.8 Å².